The van der Waals surface area contributed by atoms with Crippen molar-refractivity contribution in [1.82, 2.24) is 10.2 Å². The van der Waals surface area contributed by atoms with Crippen LogP contribution in [0.5, 0.6) is 0 Å². The molecule has 1 aliphatic heterocycles. The Kier molecular flexibility index (Phi) is 5.32. The van der Waals surface area contributed by atoms with Gasteiger partial charge < -0.3 is 15.3 Å². The number of likely N-dealkylation sites (tertiary alicyclic amines) is 1. The van der Waals surface area contributed by atoms with Gasteiger partial charge in [0, 0.05) is 19.0 Å². The number of carboxylic acid groups (broad SMARTS) is 1. The molecule has 2 amide bonds. The molecule has 0 aromatic heterocycles. The molecule has 0 aromatic rings. The molecular formula is C17H28N2O4. The van der Waals surface area contributed by atoms with Gasteiger partial charge >= 0.3 is 5.97 Å². The first-order chi connectivity index (χ1) is 10.7. The molecule has 0 aromatic carbocycles. The quantitative estimate of drug-likeness (QED) is 0.825. The molecule has 6 heteroatoms. The minimum Gasteiger partial charge on any atom is -0.481 e. The molecule has 0 unspecified atom stereocenters. The van der Waals surface area contributed by atoms with Crippen LogP contribution in [0.4, 0.5) is 0 Å². The molecule has 2 fully saturated rings. The molecule has 0 bridgehead atoms. The molecule has 1 aliphatic carbocycles. The van der Waals surface area contributed by atoms with Crippen LogP contribution < -0.4 is 5.32 Å². The molecule has 3 atom stereocenters. The van der Waals surface area contributed by atoms with Crippen LogP contribution in [0.2, 0.25) is 0 Å². The predicted molar refractivity (Wildman–Crippen MR) is 85.7 cm³/mol. The first-order valence-electron chi connectivity index (χ1n) is 8.50. The summed E-state index contributed by atoms with van der Waals surface area (Å²) in [6, 6.07) is -0.475. The number of carboxylic acids is 1. The third-order valence-corrected chi connectivity index (χ3v) is 4.69. The summed E-state index contributed by atoms with van der Waals surface area (Å²) >= 11 is 0. The Bertz CT molecular complexity index is 483. The van der Waals surface area contributed by atoms with E-state index >= 15 is 0 Å². The molecule has 1 saturated heterocycles. The van der Waals surface area contributed by atoms with Gasteiger partial charge in [-0.15, -0.1) is 0 Å². The SMILES string of the molecule is CC(C)(C)CC(=O)N1CCC[C@@H]1C(=O)N[C@H]1CC[C@@H](C(=O)O)C1. The zero-order valence-corrected chi connectivity index (χ0v) is 14.3. The van der Waals surface area contributed by atoms with E-state index in [-0.39, 0.29) is 29.2 Å². The van der Waals surface area contributed by atoms with E-state index in [0.29, 0.717) is 38.6 Å². The summed E-state index contributed by atoms with van der Waals surface area (Å²) in [7, 11) is 0. The van der Waals surface area contributed by atoms with Gasteiger partial charge in [0.2, 0.25) is 11.8 Å². The standard InChI is InChI=1S/C17H28N2O4/c1-17(2,3)10-14(20)19-8-4-5-13(19)15(21)18-12-7-6-11(9-12)16(22)23/h11-13H,4-10H2,1-3H3,(H,18,21)(H,22,23)/t11-,12+,13-/m1/s1. The molecule has 130 valence electrons. The number of hydrogen-bond acceptors (Lipinski definition) is 3. The number of carbonyl (C=O) groups excluding carboxylic acids is 2. The number of aliphatic carboxylic acids is 1. The lowest BCUT2D eigenvalue weighted by Crippen LogP contribution is -2.49. The fourth-order valence-electron chi connectivity index (χ4n) is 3.53. The van der Waals surface area contributed by atoms with E-state index in [2.05, 4.69) is 5.32 Å². The molecule has 6 nitrogen and oxygen atoms in total. The van der Waals surface area contributed by atoms with E-state index in [0.717, 1.165) is 6.42 Å². The Hall–Kier alpha value is -1.59. The summed E-state index contributed by atoms with van der Waals surface area (Å²) in [5.74, 6) is -1.24. The lowest BCUT2D eigenvalue weighted by atomic mass is 9.91. The highest BCUT2D eigenvalue weighted by molar-refractivity contribution is 5.88. The zero-order chi connectivity index (χ0) is 17.2. The van der Waals surface area contributed by atoms with Gasteiger partial charge in [0.05, 0.1) is 5.92 Å². The zero-order valence-electron chi connectivity index (χ0n) is 14.3. The van der Waals surface area contributed by atoms with E-state index in [1.165, 1.54) is 0 Å². The van der Waals surface area contributed by atoms with Crippen LogP contribution in [0.15, 0.2) is 0 Å². The van der Waals surface area contributed by atoms with E-state index < -0.39 is 12.0 Å². The average Bonchev–Trinajstić information content (AvgIpc) is 3.04. The summed E-state index contributed by atoms with van der Waals surface area (Å²) in [5.41, 5.74) is -0.0964. The largest absolute Gasteiger partial charge is 0.481 e. The van der Waals surface area contributed by atoms with Crippen LogP contribution in [0.3, 0.4) is 0 Å². The Morgan fingerprint density at radius 1 is 1.17 bits per heavy atom. The van der Waals surface area contributed by atoms with E-state index in [4.69, 9.17) is 5.11 Å². The van der Waals surface area contributed by atoms with Crippen molar-refractivity contribution in [2.75, 3.05) is 6.54 Å². The fourth-order valence-corrected chi connectivity index (χ4v) is 3.53. The highest BCUT2D eigenvalue weighted by Crippen LogP contribution is 2.28. The van der Waals surface area contributed by atoms with Crippen LogP contribution in [0.1, 0.15) is 59.3 Å². The van der Waals surface area contributed by atoms with Crippen LogP contribution >= 0.6 is 0 Å². The van der Waals surface area contributed by atoms with Crippen molar-refractivity contribution in [1.29, 1.82) is 0 Å². The molecule has 1 heterocycles. The van der Waals surface area contributed by atoms with Crippen molar-refractivity contribution in [3.63, 3.8) is 0 Å². The summed E-state index contributed by atoms with van der Waals surface area (Å²) in [6.45, 7) is 6.68. The minimum absolute atomic E-state index is 0.0324. The number of rotatable bonds is 4. The number of hydrogen-bond donors (Lipinski definition) is 2. The third kappa shape index (κ3) is 4.69. The van der Waals surface area contributed by atoms with Gasteiger partial charge in [0.1, 0.15) is 6.04 Å². The molecule has 23 heavy (non-hydrogen) atoms. The van der Waals surface area contributed by atoms with Gasteiger partial charge in [-0.1, -0.05) is 20.8 Å². The Morgan fingerprint density at radius 2 is 1.87 bits per heavy atom. The highest BCUT2D eigenvalue weighted by atomic mass is 16.4. The second kappa shape index (κ2) is 6.89. The first kappa shape index (κ1) is 17.8. The lowest BCUT2D eigenvalue weighted by molar-refractivity contribution is -0.141. The van der Waals surface area contributed by atoms with Gasteiger partial charge in [-0.2, -0.15) is 0 Å². The van der Waals surface area contributed by atoms with Crippen molar-refractivity contribution in [2.24, 2.45) is 11.3 Å². The van der Waals surface area contributed by atoms with Crippen LogP contribution in [0, 0.1) is 11.3 Å². The van der Waals surface area contributed by atoms with Crippen LogP contribution in [0.25, 0.3) is 0 Å². The number of nitrogens with one attached hydrogen (secondary N) is 1. The molecule has 0 spiro atoms. The molecule has 0 radical (unpaired) electrons. The lowest BCUT2D eigenvalue weighted by Gasteiger charge is -2.28. The third-order valence-electron chi connectivity index (χ3n) is 4.69. The fraction of sp³-hybridized carbons (Fsp3) is 0.824. The summed E-state index contributed by atoms with van der Waals surface area (Å²) in [5, 5.41) is 12.0. The molecule has 2 aliphatic rings. The van der Waals surface area contributed by atoms with Gasteiger partial charge in [0.15, 0.2) is 0 Å². The second-order valence-electron chi connectivity index (χ2n) is 8.04. The smallest absolute Gasteiger partial charge is 0.306 e. The van der Waals surface area contributed by atoms with E-state index in [1.807, 2.05) is 20.8 Å². The first-order valence-corrected chi connectivity index (χ1v) is 8.50. The number of nitrogens with zero attached hydrogens (tertiary/aromatic N) is 1. The van der Waals surface area contributed by atoms with Gasteiger partial charge in [-0.05, 0) is 37.5 Å². The number of amides is 2. The van der Waals surface area contributed by atoms with Gasteiger partial charge in [0.25, 0.3) is 0 Å². The summed E-state index contributed by atoms with van der Waals surface area (Å²) in [4.78, 5) is 37.6. The monoisotopic (exact) mass is 324 g/mol. The average molecular weight is 324 g/mol. The van der Waals surface area contributed by atoms with Crippen molar-refractivity contribution < 1.29 is 19.5 Å². The maximum Gasteiger partial charge on any atom is 0.306 e. The Balaban J connectivity index is 1.91. The molecular weight excluding hydrogens is 296 g/mol. The second-order valence-corrected chi connectivity index (χ2v) is 8.04. The normalized spacial score (nSPS) is 28.0. The van der Waals surface area contributed by atoms with Crippen molar-refractivity contribution in [2.45, 2.75) is 71.4 Å². The van der Waals surface area contributed by atoms with Gasteiger partial charge in [-0.25, -0.2) is 0 Å². The maximum atomic E-state index is 12.5. The van der Waals surface area contributed by atoms with Crippen LogP contribution in [-0.4, -0.2) is 46.4 Å². The summed E-state index contributed by atoms with van der Waals surface area (Å²) < 4.78 is 0. The van der Waals surface area contributed by atoms with Gasteiger partial charge in [-0.3, -0.25) is 14.4 Å². The molecule has 2 rings (SSSR count). The van der Waals surface area contributed by atoms with Crippen LogP contribution in [-0.2, 0) is 14.4 Å². The highest BCUT2D eigenvalue weighted by Gasteiger charge is 2.37. The Labute approximate surface area is 137 Å². The topological polar surface area (TPSA) is 86.7 Å². The predicted octanol–water partition coefficient (Wildman–Crippen LogP) is 1.78. The van der Waals surface area contributed by atoms with Crippen molar-refractivity contribution in [3.8, 4) is 0 Å². The summed E-state index contributed by atoms with van der Waals surface area (Å²) in [6.07, 6.45) is 3.77. The Morgan fingerprint density at radius 3 is 2.43 bits per heavy atom. The van der Waals surface area contributed by atoms with E-state index in [1.54, 1.807) is 4.90 Å². The maximum absolute atomic E-state index is 12.5. The van der Waals surface area contributed by atoms with E-state index in [9.17, 15) is 14.4 Å². The minimum atomic E-state index is -0.787. The molecule has 2 N–H and O–H groups in total. The molecule has 1 saturated carbocycles. The van der Waals surface area contributed by atoms with Crippen molar-refractivity contribution >= 4 is 17.8 Å². The van der Waals surface area contributed by atoms with Crippen molar-refractivity contribution in [3.05, 3.63) is 0 Å². The number of carbonyl (C=O) groups is 3.